The summed E-state index contributed by atoms with van der Waals surface area (Å²) in [5.41, 5.74) is -1.25. The highest BCUT2D eigenvalue weighted by Crippen LogP contribution is 2.70. The van der Waals surface area contributed by atoms with E-state index in [1.165, 1.54) is 12.2 Å². The first kappa shape index (κ1) is 28.4. The van der Waals surface area contributed by atoms with Crippen molar-refractivity contribution in [2.45, 2.75) is 71.3 Å². The smallest absolute Gasteiger partial charge is 0.192 e. The monoisotopic (exact) mass is 543 g/mol. The number of ketones is 2. The second-order valence-electron chi connectivity index (χ2n) is 12.6. The molecule has 0 aromatic carbocycles. The largest absolute Gasteiger partial charge is 0.501 e. The maximum Gasteiger partial charge on any atom is 0.192 e. The van der Waals surface area contributed by atoms with Gasteiger partial charge in [0.1, 0.15) is 12.8 Å². The van der Waals surface area contributed by atoms with Gasteiger partial charge in [0.15, 0.2) is 17.2 Å². The highest BCUT2D eigenvalue weighted by atomic mass is 19.1. The van der Waals surface area contributed by atoms with Gasteiger partial charge in [-0.2, -0.15) is 5.06 Å². The van der Waals surface area contributed by atoms with E-state index in [1.807, 2.05) is 38.0 Å². The Morgan fingerprint density at radius 2 is 2.05 bits per heavy atom. The van der Waals surface area contributed by atoms with Crippen molar-refractivity contribution in [3.8, 4) is 0 Å². The number of rotatable bonds is 7. The first-order chi connectivity index (χ1) is 18.4. The van der Waals surface area contributed by atoms with E-state index in [0.717, 1.165) is 17.8 Å². The fourth-order valence-corrected chi connectivity index (χ4v) is 8.97. The van der Waals surface area contributed by atoms with Crippen molar-refractivity contribution in [2.75, 3.05) is 26.8 Å². The molecule has 214 valence electrons. The van der Waals surface area contributed by atoms with Gasteiger partial charge < -0.3 is 14.9 Å². The zero-order valence-corrected chi connectivity index (χ0v) is 23.7. The fraction of sp³-hybridized carbons (Fsp3) is 0.677. The summed E-state index contributed by atoms with van der Waals surface area (Å²) >= 11 is 0. The number of allylic oxidation sites excluding steroid dienone is 7. The van der Waals surface area contributed by atoms with Gasteiger partial charge in [-0.3, -0.25) is 14.4 Å². The number of halogens is 1. The van der Waals surface area contributed by atoms with Gasteiger partial charge in [0.05, 0.1) is 19.0 Å². The van der Waals surface area contributed by atoms with Crippen LogP contribution in [0.25, 0.3) is 0 Å². The lowest BCUT2D eigenvalue weighted by atomic mass is 9.46. The molecule has 3 saturated carbocycles. The molecule has 0 bridgehead atoms. The predicted molar refractivity (Wildman–Crippen MR) is 144 cm³/mol. The molecule has 0 amide bonds. The normalized spacial score (nSPS) is 43.9. The fourth-order valence-electron chi connectivity index (χ4n) is 8.97. The van der Waals surface area contributed by atoms with E-state index >= 15 is 4.39 Å². The highest BCUT2D eigenvalue weighted by molar-refractivity contribution is 6.01. The van der Waals surface area contributed by atoms with E-state index in [9.17, 15) is 19.8 Å². The van der Waals surface area contributed by atoms with Crippen LogP contribution in [0, 0.1) is 34.5 Å². The van der Waals surface area contributed by atoms with Gasteiger partial charge >= 0.3 is 0 Å². The van der Waals surface area contributed by atoms with Crippen LogP contribution in [0.15, 0.2) is 47.3 Å². The third kappa shape index (κ3) is 4.13. The average Bonchev–Trinajstić information content (AvgIpc) is 3.38. The van der Waals surface area contributed by atoms with Gasteiger partial charge in [0.25, 0.3) is 0 Å². The molecule has 8 heteroatoms. The number of fused-ring (bicyclic) bond motifs is 7. The molecule has 1 saturated heterocycles. The molecular formula is C31H42FNO6. The van der Waals surface area contributed by atoms with Crippen LogP contribution in [0.2, 0.25) is 0 Å². The Morgan fingerprint density at radius 3 is 2.72 bits per heavy atom. The van der Waals surface area contributed by atoms with Gasteiger partial charge in [-0.25, -0.2) is 4.39 Å². The molecule has 7 nitrogen and oxygen atoms in total. The molecule has 39 heavy (non-hydrogen) atoms. The first-order valence-electron chi connectivity index (χ1n) is 14.2. The van der Waals surface area contributed by atoms with Crippen LogP contribution in [0.3, 0.4) is 0 Å². The summed E-state index contributed by atoms with van der Waals surface area (Å²) in [4.78, 5) is 32.3. The number of aliphatic hydroxyl groups is 2. The number of nitrogens with zero attached hydrogens (tertiary/aromatic N) is 1. The molecule has 5 rings (SSSR count). The van der Waals surface area contributed by atoms with E-state index in [-0.39, 0.29) is 41.7 Å². The molecule has 4 aliphatic carbocycles. The third-order valence-corrected chi connectivity index (χ3v) is 10.8. The summed E-state index contributed by atoms with van der Waals surface area (Å²) < 4.78 is 21.0. The molecule has 5 aliphatic rings. The minimum Gasteiger partial charge on any atom is -0.501 e. The molecule has 2 unspecified atom stereocenters. The number of methoxy groups -OCH3 is 1. The number of carbonyl (C=O) groups excluding carboxylic acids is 2. The quantitative estimate of drug-likeness (QED) is 0.372. The topological polar surface area (TPSA) is 96.3 Å². The zero-order chi connectivity index (χ0) is 28.3. The van der Waals surface area contributed by atoms with E-state index in [4.69, 9.17) is 9.57 Å². The summed E-state index contributed by atoms with van der Waals surface area (Å²) in [5.74, 6) is -0.499. The number of alkyl halides is 1. The minimum absolute atomic E-state index is 0.0651. The summed E-state index contributed by atoms with van der Waals surface area (Å²) in [6, 6.07) is 0. The van der Waals surface area contributed by atoms with Crippen molar-refractivity contribution in [3.63, 3.8) is 0 Å². The number of ether oxygens (including phenoxy) is 1. The van der Waals surface area contributed by atoms with Crippen molar-refractivity contribution >= 4 is 11.6 Å². The van der Waals surface area contributed by atoms with Crippen LogP contribution >= 0.6 is 0 Å². The minimum atomic E-state index is -1.29. The van der Waals surface area contributed by atoms with E-state index in [0.29, 0.717) is 31.5 Å². The van der Waals surface area contributed by atoms with Crippen molar-refractivity contribution in [1.29, 1.82) is 0 Å². The van der Waals surface area contributed by atoms with Gasteiger partial charge in [-0.05, 0) is 68.2 Å². The van der Waals surface area contributed by atoms with Gasteiger partial charge in [0, 0.05) is 35.8 Å². The zero-order valence-electron chi connectivity index (χ0n) is 23.7. The van der Waals surface area contributed by atoms with Crippen LogP contribution in [0.5, 0.6) is 0 Å². The average molecular weight is 544 g/mol. The summed E-state index contributed by atoms with van der Waals surface area (Å²) in [6.45, 7) is 8.25. The Kier molecular flexibility index (Phi) is 7.32. The van der Waals surface area contributed by atoms with Crippen molar-refractivity contribution in [1.82, 2.24) is 5.06 Å². The molecule has 2 N–H and O–H groups in total. The maximum absolute atomic E-state index is 15.7. The molecule has 0 aromatic heterocycles. The van der Waals surface area contributed by atoms with Crippen LogP contribution in [-0.4, -0.2) is 71.5 Å². The van der Waals surface area contributed by atoms with Gasteiger partial charge in [0.2, 0.25) is 0 Å². The number of hydrogen-bond acceptors (Lipinski definition) is 7. The third-order valence-electron chi connectivity index (χ3n) is 10.8. The number of aliphatic hydroxyl groups excluding tert-OH is 2. The maximum atomic E-state index is 15.7. The number of Topliss-reactive ketones (excluding diaryl/α,β-unsaturated/α-hetero) is 1. The molecule has 0 aromatic rings. The molecular weight excluding hydrogens is 501 g/mol. The molecule has 4 fully saturated rings. The first-order valence-corrected chi connectivity index (χ1v) is 14.2. The summed E-state index contributed by atoms with van der Waals surface area (Å²) in [5, 5.41) is 23.7. The van der Waals surface area contributed by atoms with Crippen molar-refractivity contribution in [2.24, 2.45) is 34.5 Å². The van der Waals surface area contributed by atoms with E-state index < -0.39 is 35.3 Å². The molecule has 0 radical (unpaired) electrons. The van der Waals surface area contributed by atoms with Gasteiger partial charge in [-0.1, -0.05) is 38.5 Å². The lowest BCUT2D eigenvalue weighted by Gasteiger charge is -2.60. The number of hydroxylamine groups is 2. The second-order valence-corrected chi connectivity index (χ2v) is 12.6. The number of carbonyl (C=O) groups is 2. The van der Waals surface area contributed by atoms with Crippen LogP contribution in [0.1, 0.15) is 53.4 Å². The SMILES string of the molecule is CC/C(=C\C=C(/C)OC)CN1C[C@@H]2CC3[C@@H]4C[C@H](F)C5=CC(=O)C=C[C@]5(C)C4[C@@H](O)C[C@]3(C)[C@]2(C(=O)CO)O1. The molecule has 0 spiro atoms. The molecule has 9 atom stereocenters. The standard InChI is InChI=1S/C31H42FNO6/c1-6-19(8-7-18(2)38-5)15-33-16-20-11-23-22-13-25(32)24-12-21(35)9-10-29(24,3)28(22)26(36)14-30(23,4)31(20,39-33)27(37)17-34/h7-10,12,20,22-23,25-26,28,34,36H,6,11,13-17H2,1-5H3/b18-7+,19-8+/t20-,22-,23?,25-,26-,28?,29-,30-,31-/m0/s1. The predicted octanol–water partition coefficient (Wildman–Crippen LogP) is 3.87. The van der Waals surface area contributed by atoms with Crippen molar-refractivity contribution in [3.05, 3.63) is 47.3 Å². The number of hydrogen-bond donors (Lipinski definition) is 2. The van der Waals surface area contributed by atoms with Crippen LogP contribution in [-0.2, 0) is 19.2 Å². The van der Waals surface area contributed by atoms with Crippen molar-refractivity contribution < 1.29 is 33.8 Å². The lowest BCUT2D eigenvalue weighted by molar-refractivity contribution is -0.249. The second kappa shape index (κ2) is 10.1. The Morgan fingerprint density at radius 1 is 1.31 bits per heavy atom. The Labute approximate surface area is 230 Å². The van der Waals surface area contributed by atoms with Crippen LogP contribution < -0.4 is 0 Å². The lowest BCUT2D eigenvalue weighted by Crippen LogP contribution is -2.64. The van der Waals surface area contributed by atoms with Gasteiger partial charge in [-0.15, -0.1) is 0 Å². The highest BCUT2D eigenvalue weighted by Gasteiger charge is 2.75. The van der Waals surface area contributed by atoms with Crippen LogP contribution in [0.4, 0.5) is 4.39 Å². The Hall–Kier alpha value is -2.13. The molecule has 1 heterocycles. The van der Waals surface area contributed by atoms with E-state index in [2.05, 4.69) is 6.92 Å². The summed E-state index contributed by atoms with van der Waals surface area (Å²) in [6.07, 6.45) is 8.45. The molecule has 1 aliphatic heterocycles. The Bertz CT molecular complexity index is 1160. The summed E-state index contributed by atoms with van der Waals surface area (Å²) in [7, 11) is 1.62. The van der Waals surface area contributed by atoms with E-state index in [1.54, 1.807) is 13.2 Å². The Balaban J connectivity index is 1.49.